The Morgan fingerprint density at radius 2 is 2.09 bits per heavy atom. The third-order valence-corrected chi connectivity index (χ3v) is 8.79. The summed E-state index contributed by atoms with van der Waals surface area (Å²) in [4.78, 5) is 33.5. The Bertz CT molecular complexity index is 1340. The Labute approximate surface area is 198 Å². The van der Waals surface area contributed by atoms with Gasteiger partial charge in [0, 0.05) is 23.6 Å². The number of anilines is 1. The molecule has 8 heteroatoms. The van der Waals surface area contributed by atoms with Crippen molar-refractivity contribution in [1.29, 1.82) is 0 Å². The number of para-hydroxylation sites is 1. The molecule has 1 N–H and O–H groups in total. The van der Waals surface area contributed by atoms with Gasteiger partial charge in [0.15, 0.2) is 0 Å². The number of fused-ring (bicyclic) bond motifs is 2. The Hall–Kier alpha value is -2.42. The summed E-state index contributed by atoms with van der Waals surface area (Å²) in [7, 11) is 0. The van der Waals surface area contributed by atoms with Crippen molar-refractivity contribution in [2.45, 2.75) is 49.8 Å². The molecule has 1 amide bonds. The summed E-state index contributed by atoms with van der Waals surface area (Å²) < 4.78 is 1.81. The normalized spacial score (nSPS) is 13.7. The Morgan fingerprint density at radius 3 is 2.94 bits per heavy atom. The molecule has 1 aromatic carbocycles. The lowest BCUT2D eigenvalue weighted by Gasteiger charge is -2.10. The molecule has 4 heterocycles. The molecule has 0 spiro atoms. The zero-order valence-electron chi connectivity index (χ0n) is 17.7. The van der Waals surface area contributed by atoms with Crippen molar-refractivity contribution in [3.8, 4) is 0 Å². The van der Waals surface area contributed by atoms with E-state index in [0.29, 0.717) is 21.6 Å². The first kappa shape index (κ1) is 21.4. The molecule has 0 radical (unpaired) electrons. The molecule has 0 fully saturated rings. The maximum absolute atomic E-state index is 13.2. The predicted molar refractivity (Wildman–Crippen MR) is 134 cm³/mol. The number of hydrogen-bond donors (Lipinski definition) is 1. The van der Waals surface area contributed by atoms with Crippen LogP contribution in [0.3, 0.4) is 0 Å². The van der Waals surface area contributed by atoms with Crippen molar-refractivity contribution in [2.75, 3.05) is 5.32 Å². The minimum atomic E-state index is -0.186. The van der Waals surface area contributed by atoms with Gasteiger partial charge in [0.2, 0.25) is 0 Å². The van der Waals surface area contributed by atoms with E-state index in [2.05, 4.69) is 22.1 Å². The van der Waals surface area contributed by atoms with Crippen LogP contribution in [0.15, 0.2) is 50.8 Å². The van der Waals surface area contributed by atoms with Crippen molar-refractivity contribution < 1.29 is 4.79 Å². The fourth-order valence-corrected chi connectivity index (χ4v) is 6.85. The van der Waals surface area contributed by atoms with Crippen LogP contribution in [0.1, 0.15) is 45.9 Å². The van der Waals surface area contributed by atoms with Gasteiger partial charge in [-0.25, -0.2) is 4.98 Å². The Morgan fingerprint density at radius 1 is 1.22 bits per heavy atom. The molecule has 5 rings (SSSR count). The monoisotopic (exact) mass is 481 g/mol. The maximum Gasteiger partial charge on any atom is 0.266 e. The Kier molecular flexibility index (Phi) is 6.17. The van der Waals surface area contributed by atoms with Crippen LogP contribution in [0.2, 0.25) is 0 Å². The van der Waals surface area contributed by atoms with E-state index in [1.165, 1.54) is 16.9 Å². The highest BCUT2D eigenvalue weighted by atomic mass is 32.2. The van der Waals surface area contributed by atoms with Gasteiger partial charge in [-0.2, -0.15) is 11.3 Å². The van der Waals surface area contributed by atoms with Crippen molar-refractivity contribution in [1.82, 2.24) is 9.55 Å². The van der Waals surface area contributed by atoms with Gasteiger partial charge in [-0.3, -0.25) is 14.2 Å². The molecule has 5 nitrogen and oxygen atoms in total. The maximum atomic E-state index is 13.2. The summed E-state index contributed by atoms with van der Waals surface area (Å²) in [6, 6.07) is 9.97. The third-order valence-electron chi connectivity index (χ3n) is 5.73. The topological polar surface area (TPSA) is 64.0 Å². The number of carbonyl (C=O) groups is 1. The van der Waals surface area contributed by atoms with E-state index >= 15 is 0 Å². The molecular formula is C24H23N3O2S3. The van der Waals surface area contributed by atoms with E-state index < -0.39 is 0 Å². The minimum absolute atomic E-state index is 0.00795. The lowest BCUT2D eigenvalue weighted by molar-refractivity contribution is 0.103. The molecule has 0 unspecified atom stereocenters. The summed E-state index contributed by atoms with van der Waals surface area (Å²) in [6.45, 7) is 2.57. The fraction of sp³-hybridized carbons (Fsp3) is 0.292. The number of rotatable bonds is 5. The van der Waals surface area contributed by atoms with E-state index in [1.54, 1.807) is 23.1 Å². The number of hydrogen-bond acceptors (Lipinski definition) is 6. The van der Waals surface area contributed by atoms with Gasteiger partial charge in [0.1, 0.15) is 10.7 Å². The van der Waals surface area contributed by atoms with Crippen LogP contribution in [0, 0.1) is 6.92 Å². The van der Waals surface area contributed by atoms with Crippen LogP contribution in [-0.4, -0.2) is 15.5 Å². The Balaban J connectivity index is 1.44. The summed E-state index contributed by atoms with van der Waals surface area (Å²) in [5.41, 5.74) is 2.78. The second-order valence-electron chi connectivity index (χ2n) is 7.90. The lowest BCUT2D eigenvalue weighted by atomic mass is 10.2. The molecule has 32 heavy (non-hydrogen) atoms. The molecule has 3 aromatic heterocycles. The molecule has 4 aromatic rings. The smallest absolute Gasteiger partial charge is 0.266 e. The van der Waals surface area contributed by atoms with E-state index in [4.69, 9.17) is 4.98 Å². The van der Waals surface area contributed by atoms with Crippen molar-refractivity contribution in [3.05, 3.63) is 73.3 Å². The molecule has 0 saturated carbocycles. The van der Waals surface area contributed by atoms with Gasteiger partial charge < -0.3 is 5.32 Å². The largest absolute Gasteiger partial charge is 0.320 e. The highest BCUT2D eigenvalue weighted by Gasteiger charge is 2.22. The number of carbonyl (C=O) groups excluding carboxylic acids is 1. The van der Waals surface area contributed by atoms with Gasteiger partial charge in [-0.1, -0.05) is 18.6 Å². The van der Waals surface area contributed by atoms with Crippen molar-refractivity contribution >= 4 is 56.2 Å². The molecule has 0 aliphatic carbocycles. The van der Waals surface area contributed by atoms with Gasteiger partial charge >= 0.3 is 0 Å². The third kappa shape index (κ3) is 4.14. The number of nitrogens with one attached hydrogen (secondary N) is 1. The second-order valence-corrected chi connectivity index (χ2v) is 10.7. The first-order valence-electron chi connectivity index (χ1n) is 10.7. The lowest BCUT2D eigenvalue weighted by Crippen LogP contribution is -2.24. The molecule has 0 saturated heterocycles. The zero-order valence-corrected chi connectivity index (χ0v) is 20.2. The van der Waals surface area contributed by atoms with E-state index in [1.807, 2.05) is 35.8 Å². The van der Waals surface area contributed by atoms with Crippen LogP contribution in [0.4, 0.5) is 5.69 Å². The first-order chi connectivity index (χ1) is 15.6. The van der Waals surface area contributed by atoms with Crippen molar-refractivity contribution in [2.24, 2.45) is 0 Å². The molecule has 1 aliphatic rings. The summed E-state index contributed by atoms with van der Waals surface area (Å²) in [5, 5.41) is 7.88. The highest BCUT2D eigenvalue weighted by Crippen LogP contribution is 2.33. The molecule has 0 bridgehead atoms. The van der Waals surface area contributed by atoms with Gasteiger partial charge in [0.25, 0.3) is 11.5 Å². The zero-order chi connectivity index (χ0) is 22.1. The summed E-state index contributed by atoms with van der Waals surface area (Å²) in [6.07, 6.45) is 3.98. The predicted octanol–water partition coefficient (Wildman–Crippen LogP) is 6.10. The van der Waals surface area contributed by atoms with Crippen LogP contribution >= 0.6 is 34.4 Å². The summed E-state index contributed by atoms with van der Waals surface area (Å²) >= 11 is 4.71. The number of nitrogens with zero attached hydrogens (tertiary/aromatic N) is 2. The quantitative estimate of drug-likeness (QED) is 0.350. The van der Waals surface area contributed by atoms with Crippen LogP contribution in [0.25, 0.3) is 10.2 Å². The number of aromatic nitrogens is 2. The molecule has 1 aliphatic heterocycles. The van der Waals surface area contributed by atoms with E-state index in [9.17, 15) is 9.59 Å². The number of thiophene rings is 2. The summed E-state index contributed by atoms with van der Waals surface area (Å²) in [5.74, 6) is 1.52. The van der Waals surface area contributed by atoms with Gasteiger partial charge in [-0.05, 0) is 59.9 Å². The standard InChI is InChI=1S/C24H23N3O2S3/c1-15-20-23(26-19-9-3-2-6-11-27(19)24(20)29)32-21(15)22(28)25-17-7-4-5-8-18(17)31-14-16-10-12-30-13-16/h4-5,7-8,10,12-13H,2-3,6,9,11,14H2,1H3,(H,25,28). The minimum Gasteiger partial charge on any atom is -0.320 e. The molecule has 0 atom stereocenters. The van der Waals surface area contributed by atoms with E-state index in [-0.39, 0.29) is 11.5 Å². The van der Waals surface area contributed by atoms with E-state index in [0.717, 1.165) is 53.4 Å². The number of amides is 1. The van der Waals surface area contributed by atoms with Gasteiger partial charge in [-0.15, -0.1) is 23.1 Å². The average molecular weight is 482 g/mol. The number of thioether (sulfide) groups is 1. The second kappa shape index (κ2) is 9.21. The number of benzene rings is 1. The molecular weight excluding hydrogens is 458 g/mol. The van der Waals surface area contributed by atoms with Crippen LogP contribution in [0.5, 0.6) is 0 Å². The average Bonchev–Trinajstić information content (AvgIpc) is 3.35. The SMILES string of the molecule is Cc1c(C(=O)Nc2ccccc2SCc2ccsc2)sc2nc3n(c(=O)c12)CCCCC3. The fourth-order valence-electron chi connectivity index (χ4n) is 4.04. The highest BCUT2D eigenvalue weighted by molar-refractivity contribution is 7.98. The van der Waals surface area contributed by atoms with Crippen molar-refractivity contribution in [3.63, 3.8) is 0 Å². The first-order valence-corrected chi connectivity index (χ1v) is 13.4. The molecule has 164 valence electrons. The number of aryl methyl sites for hydroxylation is 2. The van der Waals surface area contributed by atoms with Crippen LogP contribution < -0.4 is 10.9 Å². The van der Waals surface area contributed by atoms with Crippen LogP contribution in [-0.2, 0) is 18.7 Å². The van der Waals surface area contributed by atoms with Gasteiger partial charge in [0.05, 0.1) is 16.0 Å².